The zero-order valence-electron chi connectivity index (χ0n) is 10.4. The Bertz CT molecular complexity index is 485. The van der Waals surface area contributed by atoms with E-state index in [4.69, 9.17) is 10.5 Å². The second kappa shape index (κ2) is 4.49. The summed E-state index contributed by atoms with van der Waals surface area (Å²) in [6.45, 7) is 1.66. The van der Waals surface area contributed by atoms with Crippen LogP contribution in [0.4, 0.5) is 17.2 Å². The van der Waals surface area contributed by atoms with E-state index in [0.717, 1.165) is 5.69 Å². The van der Waals surface area contributed by atoms with Crippen molar-refractivity contribution in [1.29, 1.82) is 0 Å². The van der Waals surface area contributed by atoms with Gasteiger partial charge in [-0.15, -0.1) is 5.53 Å². The maximum atomic E-state index is 9.99. The molecule has 104 valence electrons. The molecule has 8 nitrogen and oxygen atoms in total. The lowest BCUT2D eigenvalue weighted by Crippen LogP contribution is -2.47. The van der Waals surface area contributed by atoms with Crippen molar-refractivity contribution >= 4 is 17.2 Å². The lowest BCUT2D eigenvalue weighted by molar-refractivity contribution is -0.0239. The summed E-state index contributed by atoms with van der Waals surface area (Å²) in [5.74, 6) is 0.226. The van der Waals surface area contributed by atoms with Gasteiger partial charge in [-0.05, 0) is 6.07 Å². The molecule has 1 saturated heterocycles. The molecule has 3 rings (SSSR count). The third-order valence-corrected chi connectivity index (χ3v) is 3.64. The van der Waals surface area contributed by atoms with Gasteiger partial charge >= 0.3 is 0 Å². The van der Waals surface area contributed by atoms with Gasteiger partial charge in [0.1, 0.15) is 17.6 Å². The summed E-state index contributed by atoms with van der Waals surface area (Å²) in [6.07, 6.45) is -0.0807. The summed E-state index contributed by atoms with van der Waals surface area (Å²) in [5.41, 5.74) is 13.1. The highest BCUT2D eigenvalue weighted by atomic mass is 16.5. The number of aliphatic hydroxyl groups excluding tert-OH is 2. The first kappa shape index (κ1) is 12.4. The number of rotatable bonds is 2. The third kappa shape index (κ3) is 1.80. The quantitative estimate of drug-likeness (QED) is 0.465. The zero-order valence-corrected chi connectivity index (χ0v) is 10.4. The van der Waals surface area contributed by atoms with Gasteiger partial charge in [-0.3, -0.25) is 10.4 Å². The van der Waals surface area contributed by atoms with Crippen LogP contribution in [0, 0.1) is 5.92 Å². The number of anilines is 3. The normalized spacial score (nSPS) is 33.3. The minimum absolute atomic E-state index is 0.160. The van der Waals surface area contributed by atoms with Crippen LogP contribution in [0.5, 0.6) is 0 Å². The van der Waals surface area contributed by atoms with Gasteiger partial charge in [-0.25, -0.2) is 4.98 Å². The molecular formula is C11H17N5O3. The van der Waals surface area contributed by atoms with Gasteiger partial charge < -0.3 is 20.7 Å². The molecule has 0 saturated carbocycles. The van der Waals surface area contributed by atoms with Gasteiger partial charge in [0.05, 0.1) is 18.4 Å². The zero-order chi connectivity index (χ0) is 13.6. The largest absolute Gasteiger partial charge is 0.394 e. The van der Waals surface area contributed by atoms with Crippen molar-refractivity contribution in [3.63, 3.8) is 0 Å². The van der Waals surface area contributed by atoms with Crippen LogP contribution in [0.2, 0.25) is 0 Å². The summed E-state index contributed by atoms with van der Waals surface area (Å²) < 4.78 is 5.68. The molecule has 0 aliphatic carbocycles. The number of ether oxygens (including phenoxy) is 1. The molecule has 0 amide bonds. The smallest absolute Gasteiger partial charge is 0.151 e. The number of nitrogens with two attached hydrogens (primary N) is 1. The van der Waals surface area contributed by atoms with Gasteiger partial charge in [0, 0.05) is 12.1 Å². The fourth-order valence-corrected chi connectivity index (χ4v) is 2.51. The number of aliphatic hydroxyl groups is 2. The van der Waals surface area contributed by atoms with Crippen molar-refractivity contribution < 1.29 is 14.9 Å². The second-order valence-electron chi connectivity index (χ2n) is 4.79. The molecule has 4 atom stereocenters. The van der Waals surface area contributed by atoms with Crippen LogP contribution in [0.15, 0.2) is 12.3 Å². The molecular weight excluding hydrogens is 250 g/mol. The summed E-state index contributed by atoms with van der Waals surface area (Å²) >= 11 is 0. The molecule has 19 heavy (non-hydrogen) atoms. The number of hydrazine groups is 2. The van der Waals surface area contributed by atoms with E-state index < -0.39 is 18.4 Å². The first-order valence-electron chi connectivity index (χ1n) is 6.13. The number of fused-ring (bicyclic) bond motifs is 1. The van der Waals surface area contributed by atoms with E-state index in [1.54, 1.807) is 17.3 Å². The highest BCUT2D eigenvalue weighted by Gasteiger charge is 2.45. The van der Waals surface area contributed by atoms with Gasteiger partial charge in [-0.1, -0.05) is 6.92 Å². The Labute approximate surface area is 110 Å². The number of pyridine rings is 1. The second-order valence-corrected chi connectivity index (χ2v) is 4.79. The van der Waals surface area contributed by atoms with Crippen molar-refractivity contribution in [2.24, 2.45) is 5.92 Å². The number of nitrogens with one attached hydrogen (secondary N) is 2. The van der Waals surface area contributed by atoms with Crippen LogP contribution in [0.25, 0.3) is 0 Å². The number of hydrogen-bond acceptors (Lipinski definition) is 8. The lowest BCUT2D eigenvalue weighted by atomic mass is 10.0. The monoisotopic (exact) mass is 267 g/mol. The average molecular weight is 267 g/mol. The molecule has 2 aliphatic heterocycles. The molecule has 1 aromatic rings. The van der Waals surface area contributed by atoms with Crippen LogP contribution in [0.3, 0.4) is 0 Å². The van der Waals surface area contributed by atoms with Gasteiger partial charge in [0.2, 0.25) is 0 Å². The van der Waals surface area contributed by atoms with Crippen LogP contribution in [-0.4, -0.2) is 40.2 Å². The molecule has 0 spiro atoms. The first-order chi connectivity index (χ1) is 9.13. The van der Waals surface area contributed by atoms with Gasteiger partial charge in [-0.2, -0.15) is 0 Å². The van der Waals surface area contributed by atoms with Crippen molar-refractivity contribution in [2.75, 3.05) is 22.8 Å². The Morgan fingerprint density at radius 2 is 2.37 bits per heavy atom. The third-order valence-electron chi connectivity index (χ3n) is 3.64. The van der Waals surface area contributed by atoms with Crippen molar-refractivity contribution in [3.8, 4) is 0 Å². The number of hydrogen-bond donors (Lipinski definition) is 5. The predicted molar refractivity (Wildman–Crippen MR) is 68.8 cm³/mol. The van der Waals surface area contributed by atoms with E-state index in [1.165, 1.54) is 0 Å². The minimum atomic E-state index is -0.708. The van der Waals surface area contributed by atoms with Crippen molar-refractivity contribution in [2.45, 2.75) is 25.4 Å². The number of nitrogen functional groups attached to an aromatic ring is 1. The molecule has 3 heterocycles. The van der Waals surface area contributed by atoms with Crippen LogP contribution >= 0.6 is 0 Å². The van der Waals surface area contributed by atoms with Crippen LogP contribution in [-0.2, 0) is 4.74 Å². The summed E-state index contributed by atoms with van der Waals surface area (Å²) in [5, 5.41) is 20.9. The van der Waals surface area contributed by atoms with E-state index >= 15 is 0 Å². The van der Waals surface area contributed by atoms with E-state index in [1.807, 2.05) is 6.92 Å². The summed E-state index contributed by atoms with van der Waals surface area (Å²) in [6, 6.07) is 1.80. The molecule has 1 fully saturated rings. The standard InChI is InChI=1S/C11H17N5O3/c1-5-9(18)7(4-17)19-11(5)16-6-2-3-13-10(12)8(6)14-15-16/h2-3,5,7,9,11,14-15,17-18H,4H2,1H3,(H2,12,13)/t5?,7-,9?,11-/m1/s1. The van der Waals surface area contributed by atoms with Crippen molar-refractivity contribution in [3.05, 3.63) is 12.3 Å². The van der Waals surface area contributed by atoms with E-state index in [-0.39, 0.29) is 12.5 Å². The van der Waals surface area contributed by atoms with Crippen molar-refractivity contribution in [1.82, 2.24) is 10.5 Å². The maximum Gasteiger partial charge on any atom is 0.151 e. The van der Waals surface area contributed by atoms with Gasteiger partial charge in [0.15, 0.2) is 6.23 Å². The Morgan fingerprint density at radius 3 is 3.05 bits per heavy atom. The molecule has 0 aromatic carbocycles. The van der Waals surface area contributed by atoms with Gasteiger partial charge in [0.25, 0.3) is 0 Å². The molecule has 2 aliphatic rings. The number of nitrogens with zero attached hydrogens (tertiary/aromatic N) is 2. The predicted octanol–water partition coefficient (Wildman–Crippen LogP) is -0.970. The van der Waals surface area contributed by atoms with E-state index in [0.29, 0.717) is 11.5 Å². The van der Waals surface area contributed by atoms with E-state index in [9.17, 15) is 10.2 Å². The Kier molecular flexibility index (Phi) is 2.94. The topological polar surface area (TPSA) is 116 Å². The molecule has 1 aromatic heterocycles. The molecule has 8 heteroatoms. The Hall–Kier alpha value is -1.61. The molecule has 6 N–H and O–H groups in total. The average Bonchev–Trinajstić information content (AvgIpc) is 2.94. The first-order valence-corrected chi connectivity index (χ1v) is 6.13. The molecule has 0 radical (unpaired) electrons. The SMILES string of the molecule is CC1C(O)[C@@H](CO)O[C@H]1N1NNc2c1ccnc2N. The highest BCUT2D eigenvalue weighted by Crippen LogP contribution is 2.38. The Balaban J connectivity index is 1.88. The number of aromatic nitrogens is 1. The molecule has 2 unspecified atom stereocenters. The summed E-state index contributed by atoms with van der Waals surface area (Å²) in [7, 11) is 0. The summed E-state index contributed by atoms with van der Waals surface area (Å²) in [4.78, 5) is 4.00. The lowest BCUT2D eigenvalue weighted by Gasteiger charge is -2.27. The van der Waals surface area contributed by atoms with E-state index in [2.05, 4.69) is 15.9 Å². The van der Waals surface area contributed by atoms with Crippen LogP contribution < -0.4 is 21.7 Å². The molecule has 0 bridgehead atoms. The highest BCUT2D eigenvalue weighted by molar-refractivity contribution is 5.81. The fourth-order valence-electron chi connectivity index (χ4n) is 2.51. The Morgan fingerprint density at radius 1 is 1.58 bits per heavy atom. The fraction of sp³-hybridized carbons (Fsp3) is 0.545. The van der Waals surface area contributed by atoms with Crippen LogP contribution in [0.1, 0.15) is 6.92 Å². The maximum absolute atomic E-state index is 9.99. The minimum Gasteiger partial charge on any atom is -0.394 e.